The van der Waals surface area contributed by atoms with Gasteiger partial charge in [-0.25, -0.2) is 0 Å². The van der Waals surface area contributed by atoms with Crippen LogP contribution in [0.4, 0.5) is 0 Å². The number of aliphatic hydroxyl groups excluding tert-OH is 1. The maximum absolute atomic E-state index is 11.3. The van der Waals surface area contributed by atoms with Crippen LogP contribution in [0.25, 0.3) is 0 Å². The van der Waals surface area contributed by atoms with E-state index in [1.165, 1.54) is 70.6 Å². The number of nitrogens with one attached hydrogen (secondary N) is 1. The van der Waals surface area contributed by atoms with Crippen molar-refractivity contribution in [1.29, 1.82) is 5.41 Å². The Morgan fingerprint density at radius 1 is 0.708 bits per heavy atom. The van der Waals surface area contributed by atoms with Crippen molar-refractivity contribution >= 4 is 11.5 Å². The quantitative estimate of drug-likeness (QED) is 0.162. The molecule has 0 fully saturated rings. The monoisotopic (exact) mass is 337 g/mol. The van der Waals surface area contributed by atoms with Gasteiger partial charge < -0.3 is 10.5 Å². The van der Waals surface area contributed by atoms with Crippen molar-refractivity contribution in [1.82, 2.24) is 0 Å². The van der Waals surface area contributed by atoms with Crippen LogP contribution in [0.5, 0.6) is 0 Å². The molecule has 24 heavy (non-hydrogen) atoms. The number of allylic oxidation sites excluding steroid dienone is 1. The average Bonchev–Trinajstić information content (AvgIpc) is 2.53. The summed E-state index contributed by atoms with van der Waals surface area (Å²) in [5.74, 6) is 0.332. The molecule has 0 atom stereocenters. The molecule has 0 spiro atoms. The molecule has 0 aromatic rings. The summed E-state index contributed by atoms with van der Waals surface area (Å²) < 4.78 is 0. The minimum Gasteiger partial charge on any atom is -0.513 e. The van der Waals surface area contributed by atoms with Crippen LogP contribution in [-0.4, -0.2) is 16.6 Å². The van der Waals surface area contributed by atoms with E-state index in [0.717, 1.165) is 25.7 Å². The summed E-state index contributed by atoms with van der Waals surface area (Å²) in [5.41, 5.74) is 0.200. The molecule has 0 heterocycles. The Labute approximate surface area is 149 Å². The fraction of sp³-hybridized carbons (Fsp3) is 0.810. The van der Waals surface area contributed by atoms with Gasteiger partial charge in [0.2, 0.25) is 0 Å². The van der Waals surface area contributed by atoms with Crippen LogP contribution < -0.4 is 0 Å². The molecular formula is C21H39NO2. The number of Topliss-reactive ketones (excluding diaryl/α,β-unsaturated/α-hetero) is 1. The lowest BCUT2D eigenvalue weighted by Gasteiger charge is -2.03. The topological polar surface area (TPSA) is 61.1 Å². The van der Waals surface area contributed by atoms with E-state index in [1.807, 2.05) is 0 Å². The van der Waals surface area contributed by atoms with Crippen LogP contribution in [0.1, 0.15) is 110 Å². The molecule has 3 heteroatoms. The van der Waals surface area contributed by atoms with Gasteiger partial charge in [-0.15, -0.1) is 0 Å². The zero-order valence-electron chi connectivity index (χ0n) is 15.9. The van der Waals surface area contributed by atoms with Crippen molar-refractivity contribution in [3.05, 3.63) is 12.3 Å². The smallest absolute Gasteiger partial charge is 0.176 e. The molecule has 0 amide bonds. The summed E-state index contributed by atoms with van der Waals surface area (Å²) >= 11 is 0. The third-order valence-electron chi connectivity index (χ3n) is 4.54. The van der Waals surface area contributed by atoms with Gasteiger partial charge in [0, 0.05) is 12.8 Å². The van der Waals surface area contributed by atoms with Gasteiger partial charge >= 0.3 is 0 Å². The zero-order chi connectivity index (χ0) is 18.0. The second-order valence-electron chi connectivity index (χ2n) is 7.06. The molecule has 3 nitrogen and oxygen atoms in total. The molecule has 0 aliphatic rings. The summed E-state index contributed by atoms with van der Waals surface area (Å²) in [6, 6.07) is 0. The second kappa shape index (κ2) is 16.7. The Morgan fingerprint density at radius 2 is 1.00 bits per heavy atom. The van der Waals surface area contributed by atoms with E-state index >= 15 is 0 Å². The Bertz CT molecular complexity index is 350. The minimum atomic E-state index is 0.00820. The number of aliphatic hydroxyl groups is 1. The minimum absolute atomic E-state index is 0.00820. The van der Waals surface area contributed by atoms with Crippen LogP contribution in [0, 0.1) is 5.41 Å². The predicted molar refractivity (Wildman–Crippen MR) is 104 cm³/mol. The Kier molecular flexibility index (Phi) is 15.9. The average molecular weight is 338 g/mol. The summed E-state index contributed by atoms with van der Waals surface area (Å²) in [4.78, 5) is 11.3. The van der Waals surface area contributed by atoms with Crippen molar-refractivity contribution in [2.24, 2.45) is 0 Å². The molecule has 0 aromatic heterocycles. The fourth-order valence-corrected chi connectivity index (χ4v) is 2.92. The van der Waals surface area contributed by atoms with Crippen molar-refractivity contribution in [3.63, 3.8) is 0 Å². The first-order chi connectivity index (χ1) is 11.5. The summed E-state index contributed by atoms with van der Waals surface area (Å²) in [5, 5.41) is 16.2. The third-order valence-corrected chi connectivity index (χ3v) is 4.54. The molecule has 0 radical (unpaired) electrons. The number of rotatable bonds is 18. The molecule has 2 N–H and O–H groups in total. The number of hydrogen-bond donors (Lipinski definition) is 2. The molecule has 0 saturated heterocycles. The first kappa shape index (κ1) is 22.9. The van der Waals surface area contributed by atoms with Crippen LogP contribution in [0.2, 0.25) is 0 Å². The number of unbranched alkanes of at least 4 members (excludes halogenated alkanes) is 13. The molecule has 0 aromatic carbocycles. The van der Waals surface area contributed by atoms with Crippen molar-refractivity contribution in [2.75, 3.05) is 0 Å². The van der Waals surface area contributed by atoms with E-state index in [1.54, 1.807) is 6.92 Å². The summed E-state index contributed by atoms with van der Waals surface area (Å²) in [6.07, 6.45) is 18.9. The largest absolute Gasteiger partial charge is 0.513 e. The lowest BCUT2D eigenvalue weighted by molar-refractivity contribution is -0.113. The fourth-order valence-electron chi connectivity index (χ4n) is 2.92. The molecule has 0 bridgehead atoms. The molecule has 0 saturated carbocycles. The third kappa shape index (κ3) is 17.2. The first-order valence-corrected chi connectivity index (χ1v) is 9.99. The van der Waals surface area contributed by atoms with Gasteiger partial charge in [-0.05, 0) is 19.8 Å². The number of ketones is 1. The predicted octanol–water partition coefficient (Wildman–Crippen LogP) is 6.91. The van der Waals surface area contributed by atoms with E-state index in [2.05, 4.69) is 6.58 Å². The molecule has 140 valence electrons. The number of carbonyl (C=O) groups excluding carboxylic acids is 1. The maximum Gasteiger partial charge on any atom is 0.176 e. The van der Waals surface area contributed by atoms with Gasteiger partial charge in [-0.3, -0.25) is 4.79 Å². The van der Waals surface area contributed by atoms with E-state index < -0.39 is 0 Å². The lowest BCUT2D eigenvalue weighted by Crippen LogP contribution is -2.07. The SMILES string of the molecule is C=C(O)CCCCCCCCCCCCCCCCC(=O)C(C)=N. The molecular weight excluding hydrogens is 298 g/mol. The molecule has 0 aliphatic carbocycles. The van der Waals surface area contributed by atoms with E-state index in [4.69, 9.17) is 10.5 Å². The second-order valence-corrected chi connectivity index (χ2v) is 7.06. The van der Waals surface area contributed by atoms with Crippen LogP contribution in [0.15, 0.2) is 12.3 Å². The lowest BCUT2D eigenvalue weighted by atomic mass is 10.0. The van der Waals surface area contributed by atoms with Gasteiger partial charge in [-0.2, -0.15) is 0 Å². The number of carbonyl (C=O) groups is 1. The zero-order valence-corrected chi connectivity index (χ0v) is 15.9. The van der Waals surface area contributed by atoms with Crippen molar-refractivity contribution in [3.8, 4) is 0 Å². The van der Waals surface area contributed by atoms with Crippen LogP contribution in [0.3, 0.4) is 0 Å². The van der Waals surface area contributed by atoms with E-state index in [0.29, 0.717) is 12.2 Å². The van der Waals surface area contributed by atoms with Gasteiger partial charge in [0.05, 0.1) is 11.5 Å². The highest BCUT2D eigenvalue weighted by Gasteiger charge is 2.02. The highest BCUT2D eigenvalue weighted by molar-refractivity contribution is 6.37. The molecule has 0 aliphatic heterocycles. The van der Waals surface area contributed by atoms with Crippen LogP contribution >= 0.6 is 0 Å². The maximum atomic E-state index is 11.3. The molecule has 0 rings (SSSR count). The Balaban J connectivity index is 3.09. The summed E-state index contributed by atoms with van der Waals surface area (Å²) in [6.45, 7) is 5.09. The van der Waals surface area contributed by atoms with Gasteiger partial charge in [0.15, 0.2) is 5.78 Å². The highest BCUT2D eigenvalue weighted by Crippen LogP contribution is 2.14. The highest BCUT2D eigenvalue weighted by atomic mass is 16.3. The van der Waals surface area contributed by atoms with Crippen molar-refractivity contribution < 1.29 is 9.90 Å². The Morgan fingerprint density at radius 3 is 1.29 bits per heavy atom. The summed E-state index contributed by atoms with van der Waals surface area (Å²) in [7, 11) is 0. The van der Waals surface area contributed by atoms with Crippen LogP contribution in [-0.2, 0) is 4.79 Å². The molecule has 0 unspecified atom stereocenters. The van der Waals surface area contributed by atoms with Gasteiger partial charge in [0.25, 0.3) is 0 Å². The van der Waals surface area contributed by atoms with E-state index in [-0.39, 0.29) is 11.5 Å². The Hall–Kier alpha value is -1.12. The number of hydrogen-bond acceptors (Lipinski definition) is 3. The van der Waals surface area contributed by atoms with Crippen molar-refractivity contribution in [2.45, 2.75) is 110 Å². The van der Waals surface area contributed by atoms with Gasteiger partial charge in [0.1, 0.15) is 0 Å². The first-order valence-electron chi connectivity index (χ1n) is 9.99. The normalized spacial score (nSPS) is 10.7. The van der Waals surface area contributed by atoms with E-state index in [9.17, 15) is 4.79 Å². The standard InChI is InChI=1S/C21H39NO2/c1-19(23)17-15-13-11-9-7-5-3-4-6-8-10-12-14-16-18-21(24)20(2)22/h22-23H,1,3-18H2,2H3. The van der Waals surface area contributed by atoms with Gasteiger partial charge in [-0.1, -0.05) is 83.6 Å².